The number of aromatic amines is 1. The molecule has 1 aliphatic rings. The van der Waals surface area contributed by atoms with Crippen LogP contribution in [0, 0.1) is 5.92 Å². The maximum absolute atomic E-state index is 13.0. The van der Waals surface area contributed by atoms with Gasteiger partial charge in [-0.2, -0.15) is 0 Å². The van der Waals surface area contributed by atoms with Crippen molar-refractivity contribution in [3.8, 4) is 11.3 Å². The molecule has 1 aliphatic carbocycles. The summed E-state index contributed by atoms with van der Waals surface area (Å²) in [5.74, 6) is -0.354. The number of carbonyl (C=O) groups excluding carboxylic acids is 1. The molecule has 0 aliphatic heterocycles. The molecule has 0 spiro atoms. The molecule has 33 heavy (non-hydrogen) atoms. The lowest BCUT2D eigenvalue weighted by Crippen LogP contribution is -2.38. The zero-order valence-corrected chi connectivity index (χ0v) is 19.8. The number of aromatic nitrogens is 1. The van der Waals surface area contributed by atoms with Crippen LogP contribution >= 0.6 is 0 Å². The number of benzene rings is 2. The van der Waals surface area contributed by atoms with Crippen molar-refractivity contribution in [3.63, 3.8) is 0 Å². The third kappa shape index (κ3) is 5.46. The van der Waals surface area contributed by atoms with Gasteiger partial charge in [0.1, 0.15) is 0 Å². The summed E-state index contributed by atoms with van der Waals surface area (Å²) in [4.78, 5) is 15.3. The number of carbonyl (C=O) groups is 1. The van der Waals surface area contributed by atoms with Crippen LogP contribution in [-0.2, 0) is 30.7 Å². The number of ether oxygens (including phenoxy) is 2. The minimum Gasteiger partial charge on any atom is -0.469 e. The summed E-state index contributed by atoms with van der Waals surface area (Å²) in [5, 5.41) is 0.950. The molecule has 2 aromatic carbocycles. The van der Waals surface area contributed by atoms with Crippen molar-refractivity contribution in [1.29, 1.82) is 0 Å². The summed E-state index contributed by atoms with van der Waals surface area (Å²) in [6.07, 6.45) is 3.36. The molecule has 2 N–H and O–H groups in total. The van der Waals surface area contributed by atoms with Crippen molar-refractivity contribution in [2.45, 2.75) is 43.0 Å². The quantitative estimate of drug-likeness (QED) is 0.485. The number of hydrogen-bond acceptors (Lipinski definition) is 5. The van der Waals surface area contributed by atoms with Crippen molar-refractivity contribution in [2.24, 2.45) is 5.92 Å². The minimum atomic E-state index is -3.66. The van der Waals surface area contributed by atoms with E-state index in [1.54, 1.807) is 19.2 Å². The zero-order valence-electron chi connectivity index (χ0n) is 19.0. The normalized spacial score (nSPS) is 19.0. The predicted octanol–water partition coefficient (Wildman–Crippen LogP) is 4.03. The molecular weight excluding hydrogens is 440 g/mol. The van der Waals surface area contributed by atoms with Crippen LogP contribution in [0.4, 0.5) is 0 Å². The van der Waals surface area contributed by atoms with E-state index in [0.29, 0.717) is 32.3 Å². The van der Waals surface area contributed by atoms with Gasteiger partial charge in [0.2, 0.25) is 10.0 Å². The first-order chi connectivity index (χ1) is 15.9. The molecule has 4 rings (SSSR count). The van der Waals surface area contributed by atoms with Gasteiger partial charge in [-0.1, -0.05) is 30.3 Å². The Morgan fingerprint density at radius 2 is 1.76 bits per heavy atom. The molecule has 0 radical (unpaired) electrons. The molecule has 7 nitrogen and oxygen atoms in total. The van der Waals surface area contributed by atoms with Crippen LogP contribution in [0.25, 0.3) is 22.2 Å². The monoisotopic (exact) mass is 470 g/mol. The van der Waals surface area contributed by atoms with E-state index in [0.717, 1.165) is 28.6 Å². The predicted molar refractivity (Wildman–Crippen MR) is 127 cm³/mol. The third-order valence-corrected chi connectivity index (χ3v) is 7.87. The molecule has 0 bridgehead atoms. The lowest BCUT2D eigenvalue weighted by Gasteiger charge is -2.27. The van der Waals surface area contributed by atoms with Crippen molar-refractivity contribution >= 4 is 26.9 Å². The van der Waals surface area contributed by atoms with Gasteiger partial charge in [-0.3, -0.25) is 4.79 Å². The Hall–Kier alpha value is -2.68. The first kappa shape index (κ1) is 23.5. The van der Waals surface area contributed by atoms with E-state index in [4.69, 9.17) is 9.47 Å². The third-order valence-electron chi connectivity index (χ3n) is 6.35. The molecule has 3 aromatic rings. The summed E-state index contributed by atoms with van der Waals surface area (Å²) >= 11 is 0. The molecule has 1 aromatic heterocycles. The number of esters is 1. The second-order valence-electron chi connectivity index (χ2n) is 8.56. The van der Waals surface area contributed by atoms with Crippen molar-refractivity contribution in [3.05, 3.63) is 54.1 Å². The summed E-state index contributed by atoms with van der Waals surface area (Å²) in [7, 11) is -0.583. The molecule has 1 saturated carbocycles. The standard InChI is InChI=1S/C25H30N2O5S/c1-31-14-13-17-3-5-18(6-4-17)23-15-20-9-12-22(16-24(20)26-23)33(29,30)27-21-10-7-19(8-11-21)25(28)32-2/h3-6,9,12,15-16,19,21,26-27H,7-8,10-11,13-14H2,1-2H3/t19-,21-. The molecule has 0 unspecified atom stereocenters. The Bertz CT molecular complexity index is 1210. The lowest BCUT2D eigenvalue weighted by molar-refractivity contribution is -0.146. The Balaban J connectivity index is 1.47. The molecule has 0 atom stereocenters. The van der Waals surface area contributed by atoms with Crippen LogP contribution in [0.1, 0.15) is 31.2 Å². The van der Waals surface area contributed by atoms with E-state index in [-0.39, 0.29) is 22.8 Å². The van der Waals surface area contributed by atoms with Crippen molar-refractivity contribution in [1.82, 2.24) is 9.71 Å². The van der Waals surface area contributed by atoms with E-state index >= 15 is 0 Å². The Labute approximate surface area is 194 Å². The SMILES string of the molecule is COCCc1ccc(-c2cc3ccc(S(=O)(=O)N[C@H]4CC[C@H](C(=O)OC)CC4)cc3[nH]2)cc1. The first-order valence-corrected chi connectivity index (χ1v) is 12.7. The zero-order chi connectivity index (χ0) is 23.4. The van der Waals surface area contributed by atoms with Crippen molar-refractivity contribution < 1.29 is 22.7 Å². The van der Waals surface area contributed by atoms with Gasteiger partial charge in [0.05, 0.1) is 24.5 Å². The lowest BCUT2D eigenvalue weighted by atomic mass is 9.86. The van der Waals surface area contributed by atoms with Crippen LogP contribution < -0.4 is 4.72 Å². The van der Waals surface area contributed by atoms with E-state index in [9.17, 15) is 13.2 Å². The number of nitrogens with one attached hydrogen (secondary N) is 2. The maximum Gasteiger partial charge on any atom is 0.308 e. The smallest absolute Gasteiger partial charge is 0.308 e. The number of methoxy groups -OCH3 is 2. The average molecular weight is 471 g/mol. The summed E-state index contributed by atoms with van der Waals surface area (Å²) < 4.78 is 38.7. The fourth-order valence-corrected chi connectivity index (χ4v) is 5.73. The molecule has 1 fully saturated rings. The highest BCUT2D eigenvalue weighted by atomic mass is 32.2. The van der Waals surface area contributed by atoms with Gasteiger partial charge in [0.15, 0.2) is 0 Å². The molecule has 8 heteroatoms. The van der Waals surface area contributed by atoms with Crippen LogP contribution in [0.2, 0.25) is 0 Å². The number of fused-ring (bicyclic) bond motifs is 1. The maximum atomic E-state index is 13.0. The van der Waals surface area contributed by atoms with E-state index in [1.807, 2.05) is 12.1 Å². The second-order valence-corrected chi connectivity index (χ2v) is 10.3. The fraction of sp³-hybridized carbons (Fsp3) is 0.400. The average Bonchev–Trinajstić information content (AvgIpc) is 3.26. The topological polar surface area (TPSA) is 97.5 Å². The Morgan fingerprint density at radius 3 is 2.42 bits per heavy atom. The van der Waals surface area contributed by atoms with Crippen LogP contribution in [-0.4, -0.2) is 46.2 Å². The fourth-order valence-electron chi connectivity index (χ4n) is 4.40. The summed E-state index contributed by atoms with van der Waals surface area (Å²) in [5.41, 5.74) is 3.95. The highest BCUT2D eigenvalue weighted by Gasteiger charge is 2.29. The van der Waals surface area contributed by atoms with E-state index < -0.39 is 10.0 Å². The number of rotatable bonds is 8. The second kappa shape index (κ2) is 10.1. The Morgan fingerprint density at radius 1 is 1.03 bits per heavy atom. The summed E-state index contributed by atoms with van der Waals surface area (Å²) in [6.45, 7) is 0.684. The Kier molecular flexibility index (Phi) is 7.17. The van der Waals surface area contributed by atoms with Gasteiger partial charge >= 0.3 is 5.97 Å². The van der Waals surface area contributed by atoms with Crippen LogP contribution in [0.15, 0.2) is 53.4 Å². The highest BCUT2D eigenvalue weighted by molar-refractivity contribution is 7.89. The molecular formula is C25H30N2O5S. The highest BCUT2D eigenvalue weighted by Crippen LogP contribution is 2.29. The largest absolute Gasteiger partial charge is 0.469 e. The van der Waals surface area contributed by atoms with Crippen molar-refractivity contribution in [2.75, 3.05) is 20.8 Å². The number of sulfonamides is 1. The summed E-state index contributed by atoms with van der Waals surface area (Å²) in [6, 6.07) is 15.2. The molecule has 176 valence electrons. The van der Waals surface area contributed by atoms with Crippen LogP contribution in [0.5, 0.6) is 0 Å². The van der Waals surface area contributed by atoms with Gasteiger partial charge in [-0.25, -0.2) is 13.1 Å². The minimum absolute atomic E-state index is 0.140. The van der Waals surface area contributed by atoms with Gasteiger partial charge in [0, 0.05) is 29.7 Å². The van der Waals surface area contributed by atoms with Gasteiger partial charge in [-0.05, 0) is 61.4 Å². The number of H-pyrrole nitrogens is 1. The molecule has 1 heterocycles. The van der Waals surface area contributed by atoms with E-state index in [2.05, 4.69) is 34.0 Å². The first-order valence-electron chi connectivity index (χ1n) is 11.2. The van der Waals surface area contributed by atoms with Gasteiger partial charge in [0.25, 0.3) is 0 Å². The van der Waals surface area contributed by atoms with Gasteiger partial charge in [-0.15, -0.1) is 0 Å². The molecule has 0 amide bonds. The van der Waals surface area contributed by atoms with E-state index in [1.165, 1.54) is 12.7 Å². The van der Waals surface area contributed by atoms with Crippen LogP contribution in [0.3, 0.4) is 0 Å². The number of hydrogen-bond donors (Lipinski definition) is 2. The molecule has 0 saturated heterocycles. The van der Waals surface area contributed by atoms with Gasteiger partial charge < -0.3 is 14.5 Å².